The van der Waals surface area contributed by atoms with Crippen LogP contribution in [0.3, 0.4) is 0 Å². The average Bonchev–Trinajstić information content (AvgIpc) is 3.08. The second kappa shape index (κ2) is 20.7. The van der Waals surface area contributed by atoms with Gasteiger partial charge in [-0.1, -0.05) is 36.4 Å². The SMILES string of the molecule is COc1ccc(C(OCCOCCOCCOCCOCCOCC[OH2+])(c2ccc(OC)cc2)c2ccc(OC)cc2)cc1. The molecule has 10 heteroatoms. The van der Waals surface area contributed by atoms with Crippen molar-refractivity contribution in [1.29, 1.82) is 0 Å². The van der Waals surface area contributed by atoms with Gasteiger partial charge in [-0.15, -0.1) is 0 Å². The van der Waals surface area contributed by atoms with E-state index in [9.17, 15) is 0 Å². The van der Waals surface area contributed by atoms with Crippen LogP contribution in [0, 0.1) is 0 Å². The summed E-state index contributed by atoms with van der Waals surface area (Å²) in [4.78, 5) is 0. The maximum atomic E-state index is 7.01. The first-order valence-corrected chi connectivity index (χ1v) is 14.8. The van der Waals surface area contributed by atoms with Gasteiger partial charge < -0.3 is 47.7 Å². The molecule has 0 saturated carbocycles. The van der Waals surface area contributed by atoms with Crippen LogP contribution in [0.1, 0.15) is 16.7 Å². The number of ether oxygens (including phenoxy) is 9. The van der Waals surface area contributed by atoms with Crippen molar-refractivity contribution in [1.82, 2.24) is 0 Å². The summed E-state index contributed by atoms with van der Waals surface area (Å²) >= 11 is 0. The maximum Gasteiger partial charge on any atom is 0.167 e. The highest BCUT2D eigenvalue weighted by Gasteiger charge is 2.38. The number of methoxy groups -OCH3 is 3. The van der Waals surface area contributed by atoms with E-state index in [4.69, 9.17) is 47.7 Å². The van der Waals surface area contributed by atoms with Gasteiger partial charge in [0.1, 0.15) is 29.5 Å². The number of hydrogen-bond acceptors (Lipinski definition) is 9. The molecule has 44 heavy (non-hydrogen) atoms. The first-order valence-electron chi connectivity index (χ1n) is 14.8. The summed E-state index contributed by atoms with van der Waals surface area (Å²) in [5.41, 5.74) is 1.90. The molecule has 0 atom stereocenters. The Kier molecular flexibility index (Phi) is 16.6. The minimum absolute atomic E-state index is 0.266. The third-order valence-corrected chi connectivity index (χ3v) is 6.77. The van der Waals surface area contributed by atoms with Crippen molar-refractivity contribution < 1.29 is 47.7 Å². The molecular weight excluding hydrogens is 568 g/mol. The lowest BCUT2D eigenvalue weighted by atomic mass is 9.80. The van der Waals surface area contributed by atoms with Crippen LogP contribution in [0.15, 0.2) is 72.8 Å². The minimum Gasteiger partial charge on any atom is -0.497 e. The lowest BCUT2D eigenvalue weighted by Crippen LogP contribution is -2.34. The van der Waals surface area contributed by atoms with E-state index >= 15 is 0 Å². The Morgan fingerprint density at radius 1 is 0.409 bits per heavy atom. The van der Waals surface area contributed by atoms with E-state index in [1.165, 1.54) is 0 Å². The highest BCUT2D eigenvalue weighted by molar-refractivity contribution is 5.50. The molecule has 0 bridgehead atoms. The second-order valence-electron chi connectivity index (χ2n) is 9.53. The zero-order valence-electron chi connectivity index (χ0n) is 26.1. The highest BCUT2D eigenvalue weighted by Crippen LogP contribution is 2.42. The Morgan fingerprint density at radius 2 is 0.682 bits per heavy atom. The van der Waals surface area contributed by atoms with E-state index in [2.05, 4.69) is 0 Å². The molecule has 3 rings (SSSR count). The molecular formula is C34H47O10+. The molecule has 3 aromatic carbocycles. The summed E-state index contributed by atoms with van der Waals surface area (Å²) in [5.74, 6) is 2.28. The molecule has 242 valence electrons. The molecule has 0 heterocycles. The molecule has 0 aliphatic heterocycles. The molecule has 0 unspecified atom stereocenters. The van der Waals surface area contributed by atoms with Crippen LogP contribution in [0.4, 0.5) is 0 Å². The van der Waals surface area contributed by atoms with E-state index in [0.29, 0.717) is 72.7 Å². The third kappa shape index (κ3) is 11.0. The van der Waals surface area contributed by atoms with Crippen molar-refractivity contribution in [2.24, 2.45) is 0 Å². The monoisotopic (exact) mass is 615 g/mol. The molecule has 0 fully saturated rings. The van der Waals surface area contributed by atoms with E-state index < -0.39 is 5.60 Å². The first-order chi connectivity index (χ1) is 21.7. The molecule has 3 aromatic rings. The molecule has 0 aliphatic rings. The number of benzene rings is 3. The fourth-order valence-electron chi connectivity index (χ4n) is 4.53. The maximum absolute atomic E-state index is 7.01. The van der Waals surface area contributed by atoms with Crippen LogP contribution in [-0.4, -0.2) is 106 Å². The van der Waals surface area contributed by atoms with Crippen molar-refractivity contribution in [3.05, 3.63) is 89.5 Å². The Bertz CT molecular complexity index is 1020. The van der Waals surface area contributed by atoms with Gasteiger partial charge in [-0.3, -0.25) is 0 Å². The molecule has 0 radical (unpaired) electrons. The van der Waals surface area contributed by atoms with E-state index in [1.807, 2.05) is 72.8 Å². The minimum atomic E-state index is -0.930. The normalized spacial score (nSPS) is 11.5. The molecule has 0 spiro atoms. The van der Waals surface area contributed by atoms with Crippen LogP contribution in [0.25, 0.3) is 0 Å². The number of hydrogen-bond donors (Lipinski definition) is 0. The van der Waals surface area contributed by atoms with E-state index in [0.717, 1.165) is 33.9 Å². The van der Waals surface area contributed by atoms with Crippen LogP contribution < -0.4 is 14.2 Å². The molecule has 10 nitrogen and oxygen atoms in total. The molecule has 0 aromatic heterocycles. The van der Waals surface area contributed by atoms with Gasteiger partial charge >= 0.3 is 0 Å². The first kappa shape index (κ1) is 35.3. The van der Waals surface area contributed by atoms with Gasteiger partial charge in [-0.25, -0.2) is 0 Å². The third-order valence-electron chi connectivity index (χ3n) is 6.77. The van der Waals surface area contributed by atoms with Gasteiger partial charge in [0.25, 0.3) is 0 Å². The smallest absolute Gasteiger partial charge is 0.167 e. The zero-order valence-corrected chi connectivity index (χ0v) is 26.1. The van der Waals surface area contributed by atoms with Gasteiger partial charge in [-0.2, -0.15) is 0 Å². The molecule has 0 saturated heterocycles. The number of rotatable bonds is 24. The lowest BCUT2D eigenvalue weighted by Gasteiger charge is -2.36. The molecule has 0 amide bonds. The summed E-state index contributed by atoms with van der Waals surface area (Å²) in [7, 11) is 4.95. The van der Waals surface area contributed by atoms with Crippen molar-refractivity contribution in [2.75, 3.05) is 101 Å². The van der Waals surface area contributed by atoms with Gasteiger partial charge in [0.2, 0.25) is 0 Å². The predicted octanol–water partition coefficient (Wildman–Crippen LogP) is 3.83. The molecule has 2 N–H and O–H groups in total. The summed E-state index contributed by atoms with van der Waals surface area (Å²) < 4.78 is 50.6. The Balaban J connectivity index is 1.54. The van der Waals surface area contributed by atoms with Crippen LogP contribution in [0.2, 0.25) is 0 Å². The van der Waals surface area contributed by atoms with Gasteiger partial charge in [0.05, 0.1) is 87.4 Å². The van der Waals surface area contributed by atoms with Gasteiger partial charge in [-0.05, 0) is 53.1 Å². The fourth-order valence-corrected chi connectivity index (χ4v) is 4.53. The van der Waals surface area contributed by atoms with Crippen LogP contribution in [-0.2, 0) is 34.0 Å². The van der Waals surface area contributed by atoms with Crippen molar-refractivity contribution in [2.45, 2.75) is 5.60 Å². The Hall–Kier alpha value is -3.22. The highest BCUT2D eigenvalue weighted by atomic mass is 16.6. The Labute approximate surface area is 260 Å². The summed E-state index contributed by atoms with van der Waals surface area (Å²) in [5, 5.41) is 7.01. The lowest BCUT2D eigenvalue weighted by molar-refractivity contribution is -0.0393. The van der Waals surface area contributed by atoms with Crippen molar-refractivity contribution in [3.8, 4) is 17.2 Å². The van der Waals surface area contributed by atoms with E-state index in [1.54, 1.807) is 21.3 Å². The summed E-state index contributed by atoms with van der Waals surface area (Å²) in [6.07, 6.45) is 0. The standard InChI is InChI=1S/C34H46O10/c1-36-31-10-4-28(5-11-31)34(29-6-12-32(37-2)13-7-29,30-8-14-33(38-3)15-9-30)44-27-26-43-25-24-42-23-22-41-21-20-40-19-18-39-17-16-35/h4-15,35H,16-27H2,1-3H3/p+1. The topological polar surface area (TPSA) is 106 Å². The summed E-state index contributed by atoms with van der Waals surface area (Å²) in [6, 6.07) is 23.7. The van der Waals surface area contributed by atoms with Crippen molar-refractivity contribution in [3.63, 3.8) is 0 Å². The summed E-state index contributed by atoms with van der Waals surface area (Å²) in [6.45, 7) is 5.26. The van der Waals surface area contributed by atoms with Crippen molar-refractivity contribution >= 4 is 0 Å². The van der Waals surface area contributed by atoms with Crippen LogP contribution in [0.5, 0.6) is 17.2 Å². The fraction of sp³-hybridized carbons (Fsp3) is 0.471. The second-order valence-corrected chi connectivity index (χ2v) is 9.53. The molecule has 0 aliphatic carbocycles. The Morgan fingerprint density at radius 3 is 0.955 bits per heavy atom. The largest absolute Gasteiger partial charge is 0.497 e. The van der Waals surface area contributed by atoms with Crippen LogP contribution >= 0.6 is 0 Å². The van der Waals surface area contributed by atoms with Gasteiger partial charge in [0, 0.05) is 0 Å². The predicted molar refractivity (Wildman–Crippen MR) is 167 cm³/mol. The van der Waals surface area contributed by atoms with E-state index in [-0.39, 0.29) is 6.61 Å². The average molecular weight is 616 g/mol. The van der Waals surface area contributed by atoms with Gasteiger partial charge in [0.15, 0.2) is 6.61 Å². The quantitative estimate of drug-likeness (QED) is 0.0845. The zero-order chi connectivity index (χ0) is 31.3.